The molecule has 4 fully saturated rings. The molecule has 0 amide bonds. The highest BCUT2D eigenvalue weighted by Crippen LogP contribution is 2.76. The highest BCUT2D eigenvalue weighted by Gasteiger charge is 2.74. The van der Waals surface area contributed by atoms with Gasteiger partial charge in [0.05, 0.1) is 25.4 Å². The van der Waals surface area contributed by atoms with Gasteiger partial charge in [-0.1, -0.05) is 52.3 Å². The Morgan fingerprint density at radius 3 is 2.30 bits per heavy atom. The Morgan fingerprint density at radius 2 is 1.62 bits per heavy atom. The minimum absolute atomic E-state index is 0.00154. The van der Waals surface area contributed by atoms with Crippen molar-refractivity contribution < 1.29 is 25.2 Å². The van der Waals surface area contributed by atoms with E-state index in [0.29, 0.717) is 19.3 Å². The molecule has 0 saturated heterocycles. The van der Waals surface area contributed by atoms with Gasteiger partial charge in [-0.2, -0.15) is 0 Å². The number of aliphatic hydroxyl groups is 4. The smallest absolute Gasteiger partial charge is 0.159 e. The quantitative estimate of drug-likeness (QED) is 0.411. The lowest BCUT2D eigenvalue weighted by Crippen LogP contribution is -2.70. The van der Waals surface area contributed by atoms with Gasteiger partial charge in [0.15, 0.2) is 5.78 Å². The topological polar surface area (TPSA) is 98.0 Å². The second kappa shape index (κ2) is 7.80. The number of hydrogen-bond acceptors (Lipinski definition) is 5. The van der Waals surface area contributed by atoms with Crippen LogP contribution >= 0.6 is 0 Å². The summed E-state index contributed by atoms with van der Waals surface area (Å²) in [5.74, 6) is 0.105. The summed E-state index contributed by atoms with van der Waals surface area (Å²) in [6.45, 7) is 11.3. The lowest BCUT2D eigenvalue weighted by atomic mass is 9.32. The molecule has 0 aromatic heterocycles. The minimum Gasteiger partial charge on any atom is -0.396 e. The van der Waals surface area contributed by atoms with Gasteiger partial charge in [0.25, 0.3) is 0 Å². The molecule has 206 valence electrons. The zero-order valence-electron chi connectivity index (χ0n) is 23.5. The molecule has 7 rings (SSSR count). The number of aliphatic hydroxyl groups excluding tert-OH is 4. The molecule has 0 spiro atoms. The lowest BCUT2D eigenvalue weighted by Gasteiger charge is -2.72. The molecule has 4 saturated carbocycles. The summed E-state index contributed by atoms with van der Waals surface area (Å²) < 4.78 is 0. The first-order valence-electron chi connectivity index (χ1n) is 14.8. The van der Waals surface area contributed by atoms with Gasteiger partial charge in [0.2, 0.25) is 0 Å². The third-order valence-electron chi connectivity index (χ3n) is 13.9. The molecule has 4 N–H and O–H groups in total. The van der Waals surface area contributed by atoms with Crippen LogP contribution in [0.5, 0.6) is 0 Å². The van der Waals surface area contributed by atoms with Crippen LogP contribution in [0, 0.1) is 56.2 Å². The Bertz CT molecular complexity index is 1060. The van der Waals surface area contributed by atoms with Gasteiger partial charge >= 0.3 is 0 Å². The fourth-order valence-electron chi connectivity index (χ4n) is 11.5. The molecule has 2 bridgehead atoms. The second-order valence-electron chi connectivity index (χ2n) is 15.6. The number of hydrogen-bond donors (Lipinski definition) is 4. The van der Waals surface area contributed by atoms with Gasteiger partial charge in [-0.05, 0) is 96.9 Å². The summed E-state index contributed by atoms with van der Waals surface area (Å²) in [6.07, 6.45) is 11.3. The number of carbonyl (C=O) groups excluding carboxylic acids is 1. The maximum atomic E-state index is 14.5. The van der Waals surface area contributed by atoms with E-state index in [9.17, 15) is 25.2 Å². The van der Waals surface area contributed by atoms with E-state index < -0.39 is 23.0 Å². The second-order valence-corrected chi connectivity index (χ2v) is 15.6. The first-order valence-corrected chi connectivity index (χ1v) is 14.8. The minimum atomic E-state index is -0.604. The van der Waals surface area contributed by atoms with Crippen molar-refractivity contribution in [2.24, 2.45) is 56.2 Å². The van der Waals surface area contributed by atoms with Crippen LogP contribution in [0.3, 0.4) is 0 Å². The number of fused-ring (bicyclic) bond motifs is 7. The van der Waals surface area contributed by atoms with Gasteiger partial charge in [0, 0.05) is 16.7 Å². The fourth-order valence-corrected chi connectivity index (χ4v) is 11.5. The normalized spacial score (nSPS) is 55.9. The third kappa shape index (κ3) is 2.93. The molecule has 0 heterocycles. The highest BCUT2D eigenvalue weighted by molar-refractivity contribution is 5.95. The van der Waals surface area contributed by atoms with Crippen molar-refractivity contribution in [1.29, 1.82) is 0 Å². The molecule has 0 aromatic rings. The SMILES string of the molecule is CC1(C)CCC2(CO)C(O)CC3(C)C(=CC(=O)C4C5(C)C6C=CCC(CO)(C(O)C6)C5CCC43C)C2C1. The van der Waals surface area contributed by atoms with Gasteiger partial charge < -0.3 is 20.4 Å². The summed E-state index contributed by atoms with van der Waals surface area (Å²) >= 11 is 0. The first kappa shape index (κ1) is 26.2. The van der Waals surface area contributed by atoms with Gasteiger partial charge in [-0.25, -0.2) is 0 Å². The van der Waals surface area contributed by atoms with Crippen LogP contribution in [-0.2, 0) is 4.79 Å². The van der Waals surface area contributed by atoms with Crippen molar-refractivity contribution in [2.45, 2.75) is 98.2 Å². The van der Waals surface area contributed by atoms with Crippen LogP contribution in [0.15, 0.2) is 23.8 Å². The Kier molecular flexibility index (Phi) is 5.53. The Morgan fingerprint density at radius 1 is 0.919 bits per heavy atom. The third-order valence-corrected chi connectivity index (χ3v) is 13.9. The molecular formula is C32H48O5. The van der Waals surface area contributed by atoms with Crippen LogP contribution in [0.1, 0.15) is 86.0 Å². The van der Waals surface area contributed by atoms with Gasteiger partial charge in [-0.15, -0.1) is 0 Å². The van der Waals surface area contributed by atoms with Crippen LogP contribution in [-0.4, -0.2) is 51.6 Å². The standard InChI is InChI=1S/C32H48O5/c1-27(2)11-12-31(17-33)21(15-27)20-14-22(35)26-28(3,29(20,4)16-25(31)37)10-8-23-30(26,5)19-7-6-9-32(23,18-34)24(36)13-19/h6-7,14,19,21,23-26,33-34,36-37H,8-13,15-18H2,1-5H3. The average molecular weight is 513 g/mol. The van der Waals surface area contributed by atoms with Crippen LogP contribution in [0.4, 0.5) is 0 Å². The summed E-state index contributed by atoms with van der Waals surface area (Å²) in [4.78, 5) is 14.5. The van der Waals surface area contributed by atoms with Gasteiger partial charge in [-0.3, -0.25) is 4.79 Å². The Balaban J connectivity index is 1.53. The summed E-state index contributed by atoms with van der Waals surface area (Å²) in [7, 11) is 0. The van der Waals surface area contributed by atoms with E-state index in [1.165, 1.54) is 5.57 Å². The van der Waals surface area contributed by atoms with Crippen LogP contribution < -0.4 is 0 Å². The number of ketones is 1. The summed E-state index contributed by atoms with van der Waals surface area (Å²) in [5.41, 5.74) is -0.957. The Labute approximate surface area is 222 Å². The predicted octanol–water partition coefficient (Wildman–Crippen LogP) is 4.43. The molecule has 5 heteroatoms. The molecule has 7 aliphatic rings. The number of carbonyl (C=O) groups is 1. The fraction of sp³-hybridized carbons (Fsp3) is 0.844. The summed E-state index contributed by atoms with van der Waals surface area (Å²) in [5, 5.41) is 44.5. The van der Waals surface area contributed by atoms with Crippen molar-refractivity contribution >= 4 is 5.78 Å². The first-order chi connectivity index (χ1) is 17.3. The Hall–Kier alpha value is -1.01. The monoisotopic (exact) mass is 512 g/mol. The molecule has 11 atom stereocenters. The van der Waals surface area contributed by atoms with E-state index in [0.717, 1.165) is 32.1 Å². The number of allylic oxidation sites excluding steroid dienone is 4. The molecule has 0 aliphatic heterocycles. The molecule has 0 radical (unpaired) electrons. The van der Waals surface area contributed by atoms with Crippen LogP contribution in [0.2, 0.25) is 0 Å². The highest BCUT2D eigenvalue weighted by atomic mass is 16.3. The van der Waals surface area contributed by atoms with Crippen molar-refractivity contribution in [2.75, 3.05) is 13.2 Å². The maximum absolute atomic E-state index is 14.5. The van der Waals surface area contributed by atoms with Gasteiger partial charge in [0.1, 0.15) is 0 Å². The molecule has 5 nitrogen and oxygen atoms in total. The van der Waals surface area contributed by atoms with Crippen molar-refractivity contribution in [1.82, 2.24) is 0 Å². The maximum Gasteiger partial charge on any atom is 0.159 e. The largest absolute Gasteiger partial charge is 0.396 e. The molecule has 11 unspecified atom stereocenters. The molecule has 37 heavy (non-hydrogen) atoms. The van der Waals surface area contributed by atoms with E-state index in [1.807, 2.05) is 6.08 Å². The average Bonchev–Trinajstić information content (AvgIpc) is 3.07. The van der Waals surface area contributed by atoms with Crippen molar-refractivity contribution in [3.8, 4) is 0 Å². The van der Waals surface area contributed by atoms with Crippen molar-refractivity contribution in [3.05, 3.63) is 23.8 Å². The molecule has 0 aromatic carbocycles. The van der Waals surface area contributed by atoms with Crippen molar-refractivity contribution in [3.63, 3.8) is 0 Å². The predicted molar refractivity (Wildman–Crippen MR) is 142 cm³/mol. The van der Waals surface area contributed by atoms with E-state index in [2.05, 4.69) is 46.8 Å². The zero-order valence-corrected chi connectivity index (χ0v) is 23.5. The summed E-state index contributed by atoms with van der Waals surface area (Å²) in [6, 6.07) is 0. The number of rotatable bonds is 2. The molecule has 7 aliphatic carbocycles. The van der Waals surface area contributed by atoms with E-state index >= 15 is 0 Å². The van der Waals surface area contributed by atoms with E-state index in [1.54, 1.807) is 0 Å². The lowest BCUT2D eigenvalue weighted by molar-refractivity contribution is -0.235. The molecular weight excluding hydrogens is 464 g/mol. The zero-order chi connectivity index (χ0) is 26.8. The van der Waals surface area contributed by atoms with E-state index in [4.69, 9.17) is 0 Å². The van der Waals surface area contributed by atoms with Crippen LogP contribution in [0.25, 0.3) is 0 Å². The van der Waals surface area contributed by atoms with E-state index in [-0.39, 0.29) is 64.3 Å².